The minimum Gasteiger partial charge on any atom is -0.301 e. The summed E-state index contributed by atoms with van der Waals surface area (Å²) in [5, 5.41) is 0. The van der Waals surface area contributed by atoms with Crippen LogP contribution in [0.4, 0.5) is 0 Å². The van der Waals surface area contributed by atoms with Crippen molar-refractivity contribution in [3.8, 4) is 0 Å². The van der Waals surface area contributed by atoms with Gasteiger partial charge in [-0.25, -0.2) is 0 Å². The zero-order valence-corrected chi connectivity index (χ0v) is 8.93. The molecule has 80 valence electrons. The fourth-order valence-electron chi connectivity index (χ4n) is 2.22. The number of rotatable bonds is 3. The van der Waals surface area contributed by atoms with Gasteiger partial charge in [-0.1, -0.05) is 36.8 Å². The molecule has 0 aromatic heterocycles. The Morgan fingerprint density at radius 1 is 1.07 bits per heavy atom. The average Bonchev–Trinajstić information content (AvgIpc) is 2.33. The molecule has 0 bridgehead atoms. The lowest BCUT2D eigenvalue weighted by atomic mass is 10.0. The van der Waals surface area contributed by atoms with Crippen molar-refractivity contribution in [3.63, 3.8) is 0 Å². The van der Waals surface area contributed by atoms with Crippen molar-refractivity contribution in [2.24, 2.45) is 0 Å². The molecule has 0 spiro atoms. The number of piperidine rings is 1. The van der Waals surface area contributed by atoms with E-state index in [9.17, 15) is 4.79 Å². The number of nitrogens with zero attached hydrogens (tertiary/aromatic N) is 1. The fourth-order valence-corrected chi connectivity index (χ4v) is 2.22. The molecule has 2 nitrogen and oxygen atoms in total. The van der Waals surface area contributed by atoms with Crippen LogP contribution in [0.2, 0.25) is 0 Å². The third-order valence-corrected chi connectivity index (χ3v) is 3.05. The standard InChI is InChI=1S/C13H17NO/c15-11-13(12-7-3-1-4-8-12)14-9-5-2-6-10-14/h1,3-4,7-8,11,13H,2,5-6,9-10H2/t13-/m1/s1. The molecule has 0 amide bonds. The Balaban J connectivity index is 2.12. The fraction of sp³-hybridized carbons (Fsp3) is 0.462. The Morgan fingerprint density at radius 3 is 2.33 bits per heavy atom. The quantitative estimate of drug-likeness (QED) is 0.703. The van der Waals surface area contributed by atoms with Gasteiger partial charge in [0, 0.05) is 0 Å². The van der Waals surface area contributed by atoms with Gasteiger partial charge in [-0.3, -0.25) is 4.90 Å². The summed E-state index contributed by atoms with van der Waals surface area (Å²) in [5.74, 6) is 0. The number of benzene rings is 1. The molecule has 1 fully saturated rings. The van der Waals surface area contributed by atoms with Gasteiger partial charge in [-0.05, 0) is 31.5 Å². The Labute approximate surface area is 90.9 Å². The van der Waals surface area contributed by atoms with E-state index in [-0.39, 0.29) is 6.04 Å². The third-order valence-electron chi connectivity index (χ3n) is 3.05. The molecule has 0 saturated carbocycles. The summed E-state index contributed by atoms with van der Waals surface area (Å²) in [4.78, 5) is 13.4. The highest BCUT2D eigenvalue weighted by atomic mass is 16.1. The molecule has 1 saturated heterocycles. The number of aldehydes is 1. The molecule has 0 unspecified atom stereocenters. The summed E-state index contributed by atoms with van der Waals surface area (Å²) in [6.07, 6.45) is 4.81. The van der Waals surface area contributed by atoms with E-state index in [1.165, 1.54) is 19.3 Å². The molecule has 0 N–H and O–H groups in total. The monoisotopic (exact) mass is 203 g/mol. The predicted molar refractivity (Wildman–Crippen MR) is 60.7 cm³/mol. The number of carbonyl (C=O) groups excluding carboxylic acids is 1. The van der Waals surface area contributed by atoms with Gasteiger partial charge in [0.05, 0.1) is 6.04 Å². The first kappa shape index (κ1) is 10.4. The largest absolute Gasteiger partial charge is 0.301 e. The van der Waals surface area contributed by atoms with Gasteiger partial charge in [0.15, 0.2) is 0 Å². The molecule has 15 heavy (non-hydrogen) atoms. The van der Waals surface area contributed by atoms with Crippen LogP contribution in [0.25, 0.3) is 0 Å². The van der Waals surface area contributed by atoms with E-state index in [4.69, 9.17) is 0 Å². The molecular formula is C13H17NO. The maximum absolute atomic E-state index is 11.2. The van der Waals surface area contributed by atoms with E-state index >= 15 is 0 Å². The lowest BCUT2D eigenvalue weighted by molar-refractivity contribution is -0.113. The molecule has 2 rings (SSSR count). The van der Waals surface area contributed by atoms with E-state index < -0.39 is 0 Å². The summed E-state index contributed by atoms with van der Waals surface area (Å²) >= 11 is 0. The molecule has 0 radical (unpaired) electrons. The Kier molecular flexibility index (Phi) is 3.51. The highest BCUT2D eigenvalue weighted by molar-refractivity contribution is 5.61. The molecule has 0 aliphatic carbocycles. The Bertz CT molecular complexity index is 304. The lowest BCUT2D eigenvalue weighted by Crippen LogP contribution is -2.34. The number of hydrogen-bond acceptors (Lipinski definition) is 2. The van der Waals surface area contributed by atoms with Gasteiger partial charge in [0.2, 0.25) is 0 Å². The first-order valence-electron chi connectivity index (χ1n) is 5.66. The van der Waals surface area contributed by atoms with E-state index in [0.29, 0.717) is 0 Å². The first-order valence-corrected chi connectivity index (χ1v) is 5.66. The number of likely N-dealkylation sites (tertiary alicyclic amines) is 1. The van der Waals surface area contributed by atoms with Gasteiger partial charge in [0.1, 0.15) is 6.29 Å². The second-order valence-electron chi connectivity index (χ2n) is 4.09. The molecule has 1 atom stereocenters. The first-order chi connectivity index (χ1) is 7.42. The second kappa shape index (κ2) is 5.08. The van der Waals surface area contributed by atoms with E-state index in [1.807, 2.05) is 30.3 Å². The SMILES string of the molecule is O=C[C@H](c1ccccc1)N1CCCCC1. The van der Waals surface area contributed by atoms with Crippen LogP contribution < -0.4 is 0 Å². The molecule has 1 aliphatic rings. The molecule has 1 aliphatic heterocycles. The number of hydrogen-bond donors (Lipinski definition) is 0. The van der Waals surface area contributed by atoms with Gasteiger partial charge in [0.25, 0.3) is 0 Å². The van der Waals surface area contributed by atoms with Crippen molar-refractivity contribution in [3.05, 3.63) is 35.9 Å². The van der Waals surface area contributed by atoms with Crippen LogP contribution in [-0.2, 0) is 4.79 Å². The van der Waals surface area contributed by atoms with E-state index in [0.717, 1.165) is 24.9 Å². The topological polar surface area (TPSA) is 20.3 Å². The lowest BCUT2D eigenvalue weighted by Gasteiger charge is -2.31. The summed E-state index contributed by atoms with van der Waals surface area (Å²) < 4.78 is 0. The van der Waals surface area contributed by atoms with Crippen LogP contribution in [0.3, 0.4) is 0 Å². The molecule has 1 heterocycles. The van der Waals surface area contributed by atoms with Crippen LogP contribution in [0.15, 0.2) is 30.3 Å². The van der Waals surface area contributed by atoms with Crippen molar-refractivity contribution in [1.82, 2.24) is 4.90 Å². The maximum atomic E-state index is 11.2. The van der Waals surface area contributed by atoms with E-state index in [2.05, 4.69) is 4.90 Å². The average molecular weight is 203 g/mol. The van der Waals surface area contributed by atoms with Gasteiger partial charge in [-0.15, -0.1) is 0 Å². The van der Waals surface area contributed by atoms with Crippen LogP contribution in [0.1, 0.15) is 30.9 Å². The van der Waals surface area contributed by atoms with Crippen molar-refractivity contribution in [1.29, 1.82) is 0 Å². The maximum Gasteiger partial charge on any atom is 0.141 e. The molecule has 2 heteroatoms. The normalized spacial score (nSPS) is 19.7. The van der Waals surface area contributed by atoms with Gasteiger partial charge < -0.3 is 4.79 Å². The summed E-state index contributed by atoms with van der Waals surface area (Å²) in [5.41, 5.74) is 1.12. The Hall–Kier alpha value is -1.15. The van der Waals surface area contributed by atoms with E-state index in [1.54, 1.807) is 0 Å². The molecule has 1 aromatic carbocycles. The zero-order valence-electron chi connectivity index (χ0n) is 8.93. The van der Waals surface area contributed by atoms with Crippen molar-refractivity contribution < 1.29 is 4.79 Å². The summed E-state index contributed by atoms with van der Waals surface area (Å²) in [6.45, 7) is 2.11. The van der Waals surface area contributed by atoms with Crippen LogP contribution in [0.5, 0.6) is 0 Å². The van der Waals surface area contributed by atoms with Crippen LogP contribution in [0, 0.1) is 0 Å². The molecular weight excluding hydrogens is 186 g/mol. The van der Waals surface area contributed by atoms with Crippen molar-refractivity contribution >= 4 is 6.29 Å². The molecule has 1 aromatic rings. The minimum absolute atomic E-state index is 0.0356. The summed E-state index contributed by atoms with van der Waals surface area (Å²) in [7, 11) is 0. The summed E-state index contributed by atoms with van der Waals surface area (Å²) in [6, 6.07) is 10.0. The smallest absolute Gasteiger partial charge is 0.141 e. The Morgan fingerprint density at radius 2 is 1.73 bits per heavy atom. The van der Waals surface area contributed by atoms with Crippen LogP contribution in [-0.4, -0.2) is 24.3 Å². The third kappa shape index (κ3) is 2.45. The number of carbonyl (C=O) groups is 1. The van der Waals surface area contributed by atoms with Gasteiger partial charge >= 0.3 is 0 Å². The van der Waals surface area contributed by atoms with Crippen molar-refractivity contribution in [2.45, 2.75) is 25.3 Å². The second-order valence-corrected chi connectivity index (χ2v) is 4.09. The zero-order chi connectivity index (χ0) is 10.5. The minimum atomic E-state index is -0.0356. The highest BCUT2D eigenvalue weighted by Crippen LogP contribution is 2.22. The highest BCUT2D eigenvalue weighted by Gasteiger charge is 2.20. The van der Waals surface area contributed by atoms with Gasteiger partial charge in [-0.2, -0.15) is 0 Å². The van der Waals surface area contributed by atoms with Crippen molar-refractivity contribution in [2.75, 3.05) is 13.1 Å². The predicted octanol–water partition coefficient (Wildman–Crippen LogP) is 2.41. The van der Waals surface area contributed by atoms with Crippen LogP contribution >= 0.6 is 0 Å².